The van der Waals surface area contributed by atoms with Gasteiger partial charge in [-0.2, -0.15) is 0 Å². The Kier molecular flexibility index (Phi) is 4.91. The van der Waals surface area contributed by atoms with Crippen LogP contribution < -0.4 is 15.4 Å². The van der Waals surface area contributed by atoms with Crippen molar-refractivity contribution in [3.63, 3.8) is 0 Å². The van der Waals surface area contributed by atoms with Crippen LogP contribution in [0, 0.1) is 0 Å². The largest absolute Gasteiger partial charge is 0.482 e. The van der Waals surface area contributed by atoms with Crippen LogP contribution in [0.2, 0.25) is 5.02 Å². The summed E-state index contributed by atoms with van der Waals surface area (Å²) in [7, 11) is 0. The Balaban J connectivity index is 1.96. The van der Waals surface area contributed by atoms with E-state index in [0.29, 0.717) is 16.5 Å². The molecule has 2 rings (SSSR count). The Hall–Kier alpha value is -1.42. The molecule has 0 fully saturated rings. The second kappa shape index (κ2) is 6.66. The number of hydrogen-bond donors (Lipinski definition) is 2. The summed E-state index contributed by atoms with van der Waals surface area (Å²) in [4.78, 5) is 11.2. The highest BCUT2D eigenvalue weighted by Crippen LogP contribution is 2.36. The molecule has 0 bridgehead atoms. The Bertz CT molecular complexity index is 463. The van der Waals surface area contributed by atoms with Crippen molar-refractivity contribution in [1.82, 2.24) is 0 Å². The van der Waals surface area contributed by atoms with Crippen molar-refractivity contribution in [2.24, 2.45) is 0 Å². The molecule has 0 aliphatic carbocycles. The zero-order chi connectivity index (χ0) is 13.7. The number of unbranched alkanes of at least 4 members (excludes halogenated alkanes) is 3. The van der Waals surface area contributed by atoms with E-state index in [4.69, 9.17) is 16.3 Å². The molecule has 1 aliphatic rings. The van der Waals surface area contributed by atoms with Crippen LogP contribution in [0.5, 0.6) is 5.75 Å². The lowest BCUT2D eigenvalue weighted by Crippen LogP contribution is -2.25. The third-order valence-electron chi connectivity index (χ3n) is 3.05. The third kappa shape index (κ3) is 3.77. The number of rotatable bonds is 6. The number of nitrogens with one attached hydrogen (secondary N) is 2. The molecule has 0 radical (unpaired) electrons. The Morgan fingerprint density at radius 3 is 3.00 bits per heavy atom. The zero-order valence-corrected chi connectivity index (χ0v) is 11.8. The van der Waals surface area contributed by atoms with E-state index in [0.717, 1.165) is 18.7 Å². The molecule has 1 heterocycles. The molecule has 0 atom stereocenters. The minimum Gasteiger partial charge on any atom is -0.482 e. The summed E-state index contributed by atoms with van der Waals surface area (Å²) in [5.41, 5.74) is 1.49. The van der Waals surface area contributed by atoms with Crippen LogP contribution in [-0.4, -0.2) is 19.1 Å². The summed E-state index contributed by atoms with van der Waals surface area (Å²) in [6.45, 7) is 3.15. The van der Waals surface area contributed by atoms with E-state index in [-0.39, 0.29) is 12.5 Å². The zero-order valence-electron chi connectivity index (χ0n) is 11.1. The van der Waals surface area contributed by atoms with E-state index in [1.54, 1.807) is 6.07 Å². The van der Waals surface area contributed by atoms with Crippen molar-refractivity contribution in [1.29, 1.82) is 0 Å². The molecule has 0 spiro atoms. The number of halogens is 1. The van der Waals surface area contributed by atoms with Gasteiger partial charge >= 0.3 is 0 Å². The summed E-state index contributed by atoms with van der Waals surface area (Å²) in [5.74, 6) is 0.517. The number of carbonyl (C=O) groups is 1. The predicted octanol–water partition coefficient (Wildman–Crippen LogP) is 3.66. The van der Waals surface area contributed by atoms with Crippen molar-refractivity contribution < 1.29 is 9.53 Å². The topological polar surface area (TPSA) is 50.4 Å². The summed E-state index contributed by atoms with van der Waals surface area (Å²) in [5, 5.41) is 6.64. The van der Waals surface area contributed by atoms with E-state index in [1.807, 2.05) is 6.07 Å². The molecule has 19 heavy (non-hydrogen) atoms. The summed E-state index contributed by atoms with van der Waals surface area (Å²) in [6.07, 6.45) is 4.83. The third-order valence-corrected chi connectivity index (χ3v) is 3.36. The maximum Gasteiger partial charge on any atom is 0.262 e. The number of carbonyl (C=O) groups excluding carboxylic acids is 1. The van der Waals surface area contributed by atoms with Crippen LogP contribution in [-0.2, 0) is 4.79 Å². The number of fused-ring (bicyclic) bond motifs is 1. The molecule has 1 amide bonds. The first-order chi connectivity index (χ1) is 9.20. The lowest BCUT2D eigenvalue weighted by atomic mass is 10.2. The molecule has 5 heteroatoms. The van der Waals surface area contributed by atoms with Gasteiger partial charge in [0.2, 0.25) is 0 Å². The van der Waals surface area contributed by atoms with Gasteiger partial charge in [-0.25, -0.2) is 0 Å². The van der Waals surface area contributed by atoms with Crippen LogP contribution in [0.3, 0.4) is 0 Å². The monoisotopic (exact) mass is 282 g/mol. The second-order valence-corrected chi connectivity index (χ2v) is 5.06. The minimum absolute atomic E-state index is 0.0601. The van der Waals surface area contributed by atoms with Crippen molar-refractivity contribution >= 4 is 28.9 Å². The first-order valence-electron chi connectivity index (χ1n) is 6.70. The molecule has 1 aliphatic heterocycles. The number of anilines is 2. The lowest BCUT2D eigenvalue weighted by molar-refractivity contribution is -0.118. The Morgan fingerprint density at radius 2 is 2.21 bits per heavy atom. The SMILES string of the molecule is CCCCCCNc1cc2c(cc1Cl)NC(=O)CO2. The van der Waals surface area contributed by atoms with E-state index in [1.165, 1.54) is 19.3 Å². The molecule has 104 valence electrons. The van der Waals surface area contributed by atoms with Gasteiger partial charge in [0.25, 0.3) is 5.91 Å². The highest BCUT2D eigenvalue weighted by Gasteiger charge is 2.17. The fourth-order valence-electron chi connectivity index (χ4n) is 2.01. The van der Waals surface area contributed by atoms with Gasteiger partial charge in [-0.15, -0.1) is 0 Å². The maximum absolute atomic E-state index is 11.2. The van der Waals surface area contributed by atoms with Gasteiger partial charge in [-0.1, -0.05) is 37.8 Å². The number of amides is 1. The Morgan fingerprint density at radius 1 is 1.37 bits per heavy atom. The standard InChI is InChI=1S/C14H19ClN2O2/c1-2-3-4-5-6-16-11-8-13-12(7-10(11)15)17-14(18)9-19-13/h7-8,16H,2-6,9H2,1H3,(H,17,18). The number of ether oxygens (including phenoxy) is 1. The molecular weight excluding hydrogens is 264 g/mol. The van der Waals surface area contributed by atoms with Crippen molar-refractivity contribution in [2.75, 3.05) is 23.8 Å². The smallest absolute Gasteiger partial charge is 0.262 e. The fourth-order valence-corrected chi connectivity index (χ4v) is 2.24. The first kappa shape index (κ1) is 14.0. The van der Waals surface area contributed by atoms with Crippen LogP contribution in [0.25, 0.3) is 0 Å². The van der Waals surface area contributed by atoms with Crippen LogP contribution in [0.4, 0.5) is 11.4 Å². The van der Waals surface area contributed by atoms with Gasteiger partial charge in [-0.05, 0) is 12.5 Å². The van der Waals surface area contributed by atoms with Crippen molar-refractivity contribution in [3.8, 4) is 5.75 Å². The molecule has 1 aromatic carbocycles. The highest BCUT2D eigenvalue weighted by atomic mass is 35.5. The predicted molar refractivity (Wildman–Crippen MR) is 78.2 cm³/mol. The molecule has 0 aromatic heterocycles. The van der Waals surface area contributed by atoms with Gasteiger partial charge in [0.05, 0.1) is 16.4 Å². The van der Waals surface area contributed by atoms with E-state index < -0.39 is 0 Å². The summed E-state index contributed by atoms with van der Waals surface area (Å²) in [6, 6.07) is 3.57. The quantitative estimate of drug-likeness (QED) is 0.783. The molecule has 2 N–H and O–H groups in total. The number of benzene rings is 1. The van der Waals surface area contributed by atoms with Gasteiger partial charge in [0.1, 0.15) is 5.75 Å². The average Bonchev–Trinajstić information content (AvgIpc) is 2.39. The number of hydrogen-bond acceptors (Lipinski definition) is 3. The Labute approximate surface area is 118 Å². The summed E-state index contributed by atoms with van der Waals surface area (Å²) >= 11 is 6.18. The van der Waals surface area contributed by atoms with Crippen molar-refractivity contribution in [2.45, 2.75) is 32.6 Å². The van der Waals surface area contributed by atoms with Crippen LogP contribution >= 0.6 is 11.6 Å². The van der Waals surface area contributed by atoms with E-state index in [2.05, 4.69) is 17.6 Å². The van der Waals surface area contributed by atoms with Crippen LogP contribution in [0.15, 0.2) is 12.1 Å². The lowest BCUT2D eigenvalue weighted by Gasteiger charge is -2.20. The molecular formula is C14H19ClN2O2. The van der Waals surface area contributed by atoms with Crippen LogP contribution in [0.1, 0.15) is 32.6 Å². The normalized spacial score (nSPS) is 13.5. The van der Waals surface area contributed by atoms with Crippen molar-refractivity contribution in [3.05, 3.63) is 17.2 Å². The molecule has 0 saturated carbocycles. The first-order valence-corrected chi connectivity index (χ1v) is 7.08. The van der Waals surface area contributed by atoms with Gasteiger partial charge < -0.3 is 15.4 Å². The van der Waals surface area contributed by atoms with E-state index >= 15 is 0 Å². The molecule has 1 aromatic rings. The second-order valence-electron chi connectivity index (χ2n) is 4.65. The van der Waals surface area contributed by atoms with E-state index in [9.17, 15) is 4.79 Å². The molecule has 0 unspecified atom stereocenters. The average molecular weight is 283 g/mol. The molecule has 4 nitrogen and oxygen atoms in total. The fraction of sp³-hybridized carbons (Fsp3) is 0.500. The minimum atomic E-state index is -0.149. The van der Waals surface area contributed by atoms with Gasteiger partial charge in [0.15, 0.2) is 6.61 Å². The summed E-state index contributed by atoms with van der Waals surface area (Å²) < 4.78 is 5.37. The maximum atomic E-state index is 11.2. The highest BCUT2D eigenvalue weighted by molar-refractivity contribution is 6.33. The molecule has 0 saturated heterocycles. The van der Waals surface area contributed by atoms with Gasteiger partial charge in [-0.3, -0.25) is 4.79 Å². The van der Waals surface area contributed by atoms with Gasteiger partial charge in [0, 0.05) is 12.6 Å².